The Morgan fingerprint density at radius 3 is 2.81 bits per heavy atom. The Hall–Kier alpha value is -2.88. The van der Waals surface area contributed by atoms with Gasteiger partial charge in [-0.1, -0.05) is 6.07 Å². The second-order valence-electron chi connectivity index (χ2n) is 5.38. The molecule has 21 heavy (non-hydrogen) atoms. The first kappa shape index (κ1) is 10.9. The minimum absolute atomic E-state index is 1.02. The van der Waals surface area contributed by atoms with E-state index >= 15 is 0 Å². The molecule has 0 aliphatic rings. The van der Waals surface area contributed by atoms with E-state index in [9.17, 15) is 0 Å². The summed E-state index contributed by atoms with van der Waals surface area (Å²) in [7, 11) is 2.02. The van der Waals surface area contributed by atoms with Gasteiger partial charge in [-0.2, -0.15) is 0 Å². The molecule has 0 atom stereocenters. The van der Waals surface area contributed by atoms with Gasteiger partial charge in [0.2, 0.25) is 0 Å². The zero-order chi connectivity index (χ0) is 14.0. The summed E-state index contributed by atoms with van der Waals surface area (Å²) >= 11 is 0. The molecule has 4 aromatic heterocycles. The van der Waals surface area contributed by atoms with Crippen LogP contribution in [0.1, 0.15) is 0 Å². The molecule has 0 radical (unpaired) electrons. The maximum atomic E-state index is 4.57. The number of benzene rings is 1. The highest BCUT2D eigenvalue weighted by atomic mass is 15.0. The number of nitrogens with zero attached hydrogens (tertiary/aromatic N) is 4. The topological polar surface area (TPSA) is 35.1 Å². The lowest BCUT2D eigenvalue weighted by Gasteiger charge is -2.09. The molecule has 4 heterocycles. The minimum Gasteiger partial charge on any atom is -0.334 e. The molecular weight excluding hydrogens is 260 g/mol. The van der Waals surface area contributed by atoms with Gasteiger partial charge in [0.1, 0.15) is 0 Å². The SMILES string of the molecule is Cn1cnc2cc3c4cccnc4c4cccn4c3cc21. The van der Waals surface area contributed by atoms with Gasteiger partial charge in [0, 0.05) is 30.2 Å². The first-order valence-corrected chi connectivity index (χ1v) is 6.91. The van der Waals surface area contributed by atoms with Crippen LogP contribution >= 0.6 is 0 Å². The summed E-state index contributed by atoms with van der Waals surface area (Å²) < 4.78 is 4.26. The summed E-state index contributed by atoms with van der Waals surface area (Å²) in [6, 6.07) is 12.7. The van der Waals surface area contributed by atoms with Crippen molar-refractivity contribution in [1.82, 2.24) is 18.9 Å². The van der Waals surface area contributed by atoms with E-state index in [1.807, 2.05) is 25.6 Å². The number of fused-ring (bicyclic) bond motifs is 7. The highest BCUT2D eigenvalue weighted by Gasteiger charge is 2.11. The molecule has 0 aliphatic heterocycles. The van der Waals surface area contributed by atoms with E-state index in [-0.39, 0.29) is 0 Å². The van der Waals surface area contributed by atoms with Gasteiger partial charge in [0.05, 0.1) is 33.9 Å². The second kappa shape index (κ2) is 3.61. The van der Waals surface area contributed by atoms with Crippen LogP contribution in [0.2, 0.25) is 0 Å². The molecule has 0 fully saturated rings. The van der Waals surface area contributed by atoms with Crippen LogP contribution in [0.3, 0.4) is 0 Å². The molecule has 0 unspecified atom stereocenters. The Morgan fingerprint density at radius 2 is 1.86 bits per heavy atom. The largest absolute Gasteiger partial charge is 0.334 e. The van der Waals surface area contributed by atoms with Crippen LogP contribution in [-0.4, -0.2) is 18.9 Å². The number of hydrogen-bond donors (Lipinski definition) is 0. The van der Waals surface area contributed by atoms with Crippen LogP contribution in [0.5, 0.6) is 0 Å². The van der Waals surface area contributed by atoms with Crippen molar-refractivity contribution in [2.75, 3.05) is 0 Å². The number of hydrogen-bond acceptors (Lipinski definition) is 2. The Kier molecular flexibility index (Phi) is 1.86. The lowest BCUT2D eigenvalue weighted by atomic mass is 10.1. The molecule has 0 saturated carbocycles. The molecule has 1 aromatic carbocycles. The van der Waals surface area contributed by atoms with Gasteiger partial charge >= 0.3 is 0 Å². The van der Waals surface area contributed by atoms with Crippen molar-refractivity contribution in [1.29, 1.82) is 0 Å². The Morgan fingerprint density at radius 1 is 0.905 bits per heavy atom. The van der Waals surface area contributed by atoms with E-state index in [1.165, 1.54) is 16.3 Å². The van der Waals surface area contributed by atoms with Crippen LogP contribution in [-0.2, 0) is 7.05 Å². The van der Waals surface area contributed by atoms with E-state index in [4.69, 9.17) is 0 Å². The van der Waals surface area contributed by atoms with Crippen molar-refractivity contribution in [2.45, 2.75) is 0 Å². The highest BCUT2D eigenvalue weighted by molar-refractivity contribution is 6.13. The summed E-state index contributed by atoms with van der Waals surface area (Å²) in [4.78, 5) is 9.05. The summed E-state index contributed by atoms with van der Waals surface area (Å²) in [5.41, 5.74) is 5.51. The summed E-state index contributed by atoms with van der Waals surface area (Å²) in [6.45, 7) is 0. The highest BCUT2D eigenvalue weighted by Crippen LogP contribution is 2.31. The Labute approximate surface area is 120 Å². The molecular formula is C17H12N4. The van der Waals surface area contributed by atoms with Gasteiger partial charge in [0.25, 0.3) is 0 Å². The maximum Gasteiger partial charge on any atom is 0.0955 e. The van der Waals surface area contributed by atoms with E-state index in [0.717, 1.165) is 22.1 Å². The van der Waals surface area contributed by atoms with Gasteiger partial charge in [-0.25, -0.2) is 4.98 Å². The molecule has 0 aliphatic carbocycles. The van der Waals surface area contributed by atoms with Crippen molar-refractivity contribution in [3.05, 3.63) is 55.1 Å². The molecule has 4 nitrogen and oxygen atoms in total. The molecule has 4 heteroatoms. The van der Waals surface area contributed by atoms with Gasteiger partial charge in [0.15, 0.2) is 0 Å². The molecule has 5 aromatic rings. The lowest BCUT2D eigenvalue weighted by molar-refractivity contribution is 0.948. The molecule has 0 bridgehead atoms. The summed E-state index contributed by atoms with van der Waals surface area (Å²) in [5, 5.41) is 2.36. The van der Waals surface area contributed by atoms with E-state index < -0.39 is 0 Å². The van der Waals surface area contributed by atoms with Crippen LogP contribution in [0, 0.1) is 0 Å². The average Bonchev–Trinajstić information content (AvgIpc) is 3.14. The van der Waals surface area contributed by atoms with Crippen LogP contribution in [0.4, 0.5) is 0 Å². The fraction of sp³-hybridized carbons (Fsp3) is 0.0588. The van der Waals surface area contributed by atoms with Gasteiger partial charge < -0.3 is 8.97 Å². The van der Waals surface area contributed by atoms with Crippen molar-refractivity contribution in [3.8, 4) is 0 Å². The van der Waals surface area contributed by atoms with Crippen LogP contribution in [0.15, 0.2) is 55.1 Å². The van der Waals surface area contributed by atoms with E-state index in [2.05, 4.69) is 55.5 Å². The molecule has 0 spiro atoms. The van der Waals surface area contributed by atoms with Gasteiger partial charge in [-0.05, 0) is 30.3 Å². The normalized spacial score (nSPS) is 12.0. The summed E-state index contributed by atoms with van der Waals surface area (Å²) in [5.74, 6) is 0. The maximum absolute atomic E-state index is 4.57. The number of aryl methyl sites for hydroxylation is 1. The molecule has 0 amide bonds. The molecule has 100 valence electrons. The summed E-state index contributed by atoms with van der Waals surface area (Å²) in [6.07, 6.45) is 5.80. The fourth-order valence-corrected chi connectivity index (χ4v) is 3.19. The Balaban J connectivity index is 2.19. The first-order chi connectivity index (χ1) is 10.3. The van der Waals surface area contributed by atoms with Crippen molar-refractivity contribution < 1.29 is 0 Å². The van der Waals surface area contributed by atoms with Crippen molar-refractivity contribution in [2.24, 2.45) is 7.05 Å². The number of imidazole rings is 1. The predicted molar refractivity (Wildman–Crippen MR) is 84.5 cm³/mol. The zero-order valence-corrected chi connectivity index (χ0v) is 11.5. The van der Waals surface area contributed by atoms with Crippen molar-refractivity contribution in [3.63, 3.8) is 0 Å². The number of rotatable bonds is 0. The predicted octanol–water partition coefficient (Wildman–Crippen LogP) is 3.53. The van der Waals surface area contributed by atoms with Gasteiger partial charge in [-0.3, -0.25) is 4.98 Å². The van der Waals surface area contributed by atoms with Gasteiger partial charge in [-0.15, -0.1) is 0 Å². The zero-order valence-electron chi connectivity index (χ0n) is 11.5. The minimum atomic E-state index is 1.02. The monoisotopic (exact) mass is 272 g/mol. The number of aromatic nitrogens is 4. The van der Waals surface area contributed by atoms with Crippen LogP contribution in [0.25, 0.3) is 38.4 Å². The third-order valence-corrected chi connectivity index (χ3v) is 4.19. The molecule has 0 N–H and O–H groups in total. The van der Waals surface area contributed by atoms with Crippen LogP contribution < -0.4 is 0 Å². The lowest BCUT2D eigenvalue weighted by Crippen LogP contribution is -1.92. The molecule has 5 rings (SSSR count). The number of pyridine rings is 2. The quantitative estimate of drug-likeness (QED) is 0.404. The third-order valence-electron chi connectivity index (χ3n) is 4.19. The third kappa shape index (κ3) is 1.29. The average molecular weight is 272 g/mol. The smallest absolute Gasteiger partial charge is 0.0955 e. The second-order valence-corrected chi connectivity index (χ2v) is 5.38. The Bertz CT molecular complexity index is 1150. The fourth-order valence-electron chi connectivity index (χ4n) is 3.19. The van der Waals surface area contributed by atoms with E-state index in [0.29, 0.717) is 0 Å². The van der Waals surface area contributed by atoms with Crippen molar-refractivity contribution >= 4 is 38.4 Å². The molecule has 0 saturated heterocycles. The van der Waals surface area contributed by atoms with E-state index in [1.54, 1.807) is 0 Å². The standard InChI is InChI=1S/C17H12N4/c1-20-10-19-13-8-12-11-4-2-6-18-17(11)14-5-3-7-21(14)15(12)9-16(13)20/h2-10H,1H3. The first-order valence-electron chi connectivity index (χ1n) is 6.91.